The summed E-state index contributed by atoms with van der Waals surface area (Å²) in [5.74, 6) is 0.834. The zero-order valence-electron chi connectivity index (χ0n) is 18.8. The summed E-state index contributed by atoms with van der Waals surface area (Å²) in [6.07, 6.45) is 1.17. The largest absolute Gasteiger partial charge is 0.497 e. The molecule has 1 amide bonds. The monoisotopic (exact) mass is 430 g/mol. The summed E-state index contributed by atoms with van der Waals surface area (Å²) in [7, 11) is 3.17. The highest BCUT2D eigenvalue weighted by Gasteiger charge is 2.45. The molecular weight excluding hydrogens is 404 g/mol. The molecule has 6 nitrogen and oxygen atoms in total. The molecule has 164 valence electrons. The van der Waals surface area contributed by atoms with Crippen LogP contribution in [0.2, 0.25) is 0 Å². The number of benzene rings is 2. The van der Waals surface area contributed by atoms with E-state index in [0.717, 1.165) is 11.3 Å². The van der Waals surface area contributed by atoms with Crippen molar-refractivity contribution in [1.82, 2.24) is 0 Å². The fourth-order valence-electron chi connectivity index (χ4n) is 4.78. The summed E-state index contributed by atoms with van der Waals surface area (Å²) in [4.78, 5) is 28.6. The van der Waals surface area contributed by atoms with Gasteiger partial charge in [0.05, 0.1) is 25.9 Å². The van der Waals surface area contributed by atoms with Gasteiger partial charge in [0.15, 0.2) is 5.78 Å². The van der Waals surface area contributed by atoms with E-state index in [1.165, 1.54) is 0 Å². The van der Waals surface area contributed by atoms with Crippen LogP contribution in [0.4, 0.5) is 5.69 Å². The average molecular weight is 431 g/mol. The molecule has 2 aromatic rings. The summed E-state index contributed by atoms with van der Waals surface area (Å²) in [5, 5.41) is 9.13. The average Bonchev–Trinajstić information content (AvgIpc) is 2.77. The number of hydrogen-bond acceptors (Lipinski definition) is 5. The molecule has 6 heteroatoms. The lowest BCUT2D eigenvalue weighted by Crippen LogP contribution is -2.43. The third-order valence-corrected chi connectivity index (χ3v) is 6.21. The highest BCUT2D eigenvalue weighted by Crippen LogP contribution is 2.49. The number of allylic oxidation sites excluding steroid dienone is 2. The Labute approximate surface area is 188 Å². The molecule has 0 fully saturated rings. The van der Waals surface area contributed by atoms with Gasteiger partial charge in [0.2, 0.25) is 5.91 Å². The SMILES string of the molecule is COc1ccc(OC)c(C2CC(=O)N(c3ccc(C#N)cc3)C3=C2C(=O)CC(C)(C)C3)c1. The molecule has 0 N–H and O–H groups in total. The molecule has 0 spiro atoms. The number of ether oxygens (including phenoxy) is 2. The molecule has 0 aromatic heterocycles. The lowest BCUT2D eigenvalue weighted by Gasteiger charge is -2.43. The van der Waals surface area contributed by atoms with Gasteiger partial charge in [-0.3, -0.25) is 14.5 Å². The molecule has 1 atom stereocenters. The Hall–Kier alpha value is -3.59. The highest BCUT2D eigenvalue weighted by atomic mass is 16.5. The molecule has 0 bridgehead atoms. The Morgan fingerprint density at radius 2 is 1.75 bits per heavy atom. The van der Waals surface area contributed by atoms with Crippen molar-refractivity contribution < 1.29 is 19.1 Å². The van der Waals surface area contributed by atoms with Crippen LogP contribution >= 0.6 is 0 Å². The number of nitrogens with zero attached hydrogens (tertiary/aromatic N) is 2. The Kier molecular flexibility index (Phi) is 5.52. The predicted octanol–water partition coefficient (Wildman–Crippen LogP) is 4.74. The van der Waals surface area contributed by atoms with Crippen molar-refractivity contribution >= 4 is 17.4 Å². The first-order valence-corrected chi connectivity index (χ1v) is 10.6. The number of nitriles is 1. The van der Waals surface area contributed by atoms with Gasteiger partial charge in [-0.25, -0.2) is 0 Å². The van der Waals surface area contributed by atoms with Gasteiger partial charge in [-0.15, -0.1) is 0 Å². The van der Waals surface area contributed by atoms with Crippen LogP contribution in [-0.2, 0) is 9.59 Å². The third-order valence-electron chi connectivity index (χ3n) is 6.21. The Bertz CT molecular complexity index is 1160. The molecule has 0 saturated carbocycles. The van der Waals surface area contributed by atoms with Gasteiger partial charge >= 0.3 is 0 Å². The van der Waals surface area contributed by atoms with E-state index < -0.39 is 5.92 Å². The van der Waals surface area contributed by atoms with Gasteiger partial charge in [-0.05, 0) is 54.3 Å². The molecule has 0 saturated heterocycles. The van der Waals surface area contributed by atoms with Crippen molar-refractivity contribution in [3.8, 4) is 17.6 Å². The maximum Gasteiger partial charge on any atom is 0.232 e. The quantitative estimate of drug-likeness (QED) is 0.700. The molecule has 1 aliphatic carbocycles. The van der Waals surface area contributed by atoms with Crippen molar-refractivity contribution in [3.63, 3.8) is 0 Å². The lowest BCUT2D eigenvalue weighted by molar-refractivity contribution is -0.121. The maximum absolute atomic E-state index is 13.5. The number of anilines is 1. The van der Waals surface area contributed by atoms with E-state index in [2.05, 4.69) is 6.07 Å². The molecule has 0 radical (unpaired) electrons. The third kappa shape index (κ3) is 3.75. The molecular formula is C26H26N2O4. The summed E-state index contributed by atoms with van der Waals surface area (Å²) in [6, 6.07) is 14.5. The Morgan fingerprint density at radius 1 is 1.03 bits per heavy atom. The number of Topliss-reactive ketones (excluding diaryl/α,β-unsaturated/α-hetero) is 1. The van der Waals surface area contributed by atoms with Crippen molar-refractivity contribution in [2.45, 2.75) is 39.0 Å². The normalized spacial score (nSPS) is 20.0. The number of rotatable bonds is 4. The minimum atomic E-state index is -0.402. The van der Waals surface area contributed by atoms with Crippen molar-refractivity contribution in [2.75, 3.05) is 19.1 Å². The second-order valence-corrected chi connectivity index (χ2v) is 9.05. The van der Waals surface area contributed by atoms with Crippen LogP contribution in [0.25, 0.3) is 0 Å². The molecule has 2 aliphatic rings. The zero-order chi connectivity index (χ0) is 23.0. The topological polar surface area (TPSA) is 79.6 Å². The smallest absolute Gasteiger partial charge is 0.232 e. The summed E-state index contributed by atoms with van der Waals surface area (Å²) in [5.41, 5.74) is 3.11. The number of methoxy groups -OCH3 is 2. The van der Waals surface area contributed by atoms with E-state index in [1.54, 1.807) is 49.5 Å². The van der Waals surface area contributed by atoms with E-state index in [-0.39, 0.29) is 23.5 Å². The van der Waals surface area contributed by atoms with Gasteiger partial charge in [0.25, 0.3) is 0 Å². The minimum absolute atomic E-state index is 0.0530. The van der Waals surface area contributed by atoms with Crippen molar-refractivity contribution in [3.05, 3.63) is 64.9 Å². The summed E-state index contributed by atoms with van der Waals surface area (Å²) in [6.45, 7) is 4.09. The van der Waals surface area contributed by atoms with E-state index in [9.17, 15) is 9.59 Å². The summed E-state index contributed by atoms with van der Waals surface area (Å²) < 4.78 is 11.0. The van der Waals surface area contributed by atoms with E-state index in [1.807, 2.05) is 26.0 Å². The Morgan fingerprint density at radius 3 is 2.38 bits per heavy atom. The first kappa shape index (κ1) is 21.6. The van der Waals surface area contributed by atoms with Crippen LogP contribution in [0, 0.1) is 16.7 Å². The van der Waals surface area contributed by atoms with Crippen LogP contribution < -0.4 is 14.4 Å². The number of ketones is 1. The fourth-order valence-corrected chi connectivity index (χ4v) is 4.78. The molecule has 2 aromatic carbocycles. The van der Waals surface area contributed by atoms with Crippen LogP contribution in [0.3, 0.4) is 0 Å². The first-order chi connectivity index (χ1) is 15.3. The summed E-state index contributed by atoms with van der Waals surface area (Å²) >= 11 is 0. The van der Waals surface area contributed by atoms with Gasteiger partial charge in [0, 0.05) is 41.3 Å². The highest BCUT2D eigenvalue weighted by molar-refractivity contribution is 6.08. The lowest BCUT2D eigenvalue weighted by atomic mass is 9.69. The number of carbonyl (C=O) groups is 2. The molecule has 32 heavy (non-hydrogen) atoms. The molecule has 1 heterocycles. The van der Waals surface area contributed by atoms with Gasteiger partial charge < -0.3 is 9.47 Å². The zero-order valence-corrected chi connectivity index (χ0v) is 18.8. The maximum atomic E-state index is 13.5. The second-order valence-electron chi connectivity index (χ2n) is 9.05. The van der Waals surface area contributed by atoms with Crippen LogP contribution in [-0.4, -0.2) is 25.9 Å². The number of carbonyl (C=O) groups excluding carboxylic acids is 2. The van der Waals surface area contributed by atoms with Crippen LogP contribution in [0.5, 0.6) is 11.5 Å². The molecule has 1 unspecified atom stereocenters. The van der Waals surface area contributed by atoms with E-state index in [4.69, 9.17) is 14.7 Å². The first-order valence-electron chi connectivity index (χ1n) is 10.6. The van der Waals surface area contributed by atoms with E-state index in [0.29, 0.717) is 41.2 Å². The van der Waals surface area contributed by atoms with Crippen molar-refractivity contribution in [1.29, 1.82) is 5.26 Å². The van der Waals surface area contributed by atoms with Crippen molar-refractivity contribution in [2.24, 2.45) is 5.41 Å². The predicted molar refractivity (Wildman–Crippen MR) is 121 cm³/mol. The van der Waals surface area contributed by atoms with Gasteiger partial charge in [-0.2, -0.15) is 5.26 Å². The van der Waals surface area contributed by atoms with Gasteiger partial charge in [0.1, 0.15) is 11.5 Å². The minimum Gasteiger partial charge on any atom is -0.497 e. The number of hydrogen-bond donors (Lipinski definition) is 0. The number of amides is 1. The molecule has 1 aliphatic heterocycles. The van der Waals surface area contributed by atoms with Gasteiger partial charge in [-0.1, -0.05) is 13.8 Å². The van der Waals surface area contributed by atoms with E-state index >= 15 is 0 Å². The standard InChI is InChI=1S/C26H26N2O4/c1-26(2)13-21-25(22(29)14-26)20(19-11-18(31-3)9-10-23(19)32-4)12-24(30)28(21)17-7-5-16(15-27)6-8-17/h5-11,20H,12-14H2,1-4H3. The second kappa shape index (κ2) is 8.16. The Balaban J connectivity index is 1.91. The van der Waals surface area contributed by atoms with Crippen LogP contribution in [0.15, 0.2) is 53.7 Å². The molecule has 4 rings (SSSR count). The fraction of sp³-hybridized carbons (Fsp3) is 0.346. The van der Waals surface area contributed by atoms with Crippen LogP contribution in [0.1, 0.15) is 50.2 Å².